The highest BCUT2D eigenvalue weighted by molar-refractivity contribution is 7.98. The molecular weight excluding hydrogens is 238 g/mol. The molecule has 0 fully saturated rings. The normalized spacial score (nSPS) is 10.4. The molecule has 0 spiro atoms. The summed E-state index contributed by atoms with van der Waals surface area (Å²) in [5.41, 5.74) is 1.36. The third-order valence-corrected chi connectivity index (χ3v) is 2.99. The summed E-state index contributed by atoms with van der Waals surface area (Å²) in [6.07, 6.45) is 3.51. The summed E-state index contributed by atoms with van der Waals surface area (Å²) in [7, 11) is 0. The third-order valence-electron chi connectivity index (χ3n) is 2.21. The lowest BCUT2D eigenvalue weighted by atomic mass is 10.3. The SMILES string of the molecule is CSc1ccccc1-n1cc(CC(=O)O)nn1. The minimum absolute atomic E-state index is 0.110. The van der Waals surface area contributed by atoms with E-state index >= 15 is 0 Å². The predicted molar refractivity (Wildman–Crippen MR) is 64.5 cm³/mol. The molecule has 2 aromatic rings. The van der Waals surface area contributed by atoms with Gasteiger partial charge < -0.3 is 5.11 Å². The highest BCUT2D eigenvalue weighted by atomic mass is 32.2. The van der Waals surface area contributed by atoms with Gasteiger partial charge in [0.25, 0.3) is 0 Å². The van der Waals surface area contributed by atoms with E-state index < -0.39 is 5.97 Å². The van der Waals surface area contributed by atoms with Crippen LogP contribution in [0.1, 0.15) is 5.69 Å². The number of aliphatic carboxylic acids is 1. The lowest BCUT2D eigenvalue weighted by molar-refractivity contribution is -0.136. The average molecular weight is 249 g/mol. The van der Waals surface area contributed by atoms with Crippen LogP contribution in [-0.4, -0.2) is 32.3 Å². The Kier molecular flexibility index (Phi) is 3.43. The van der Waals surface area contributed by atoms with E-state index in [0.717, 1.165) is 10.6 Å². The molecule has 5 nitrogen and oxygen atoms in total. The molecule has 6 heteroatoms. The molecule has 1 N–H and O–H groups in total. The topological polar surface area (TPSA) is 68.0 Å². The first-order valence-electron chi connectivity index (χ1n) is 4.97. The minimum atomic E-state index is -0.907. The summed E-state index contributed by atoms with van der Waals surface area (Å²) in [5, 5.41) is 16.4. The van der Waals surface area contributed by atoms with E-state index in [4.69, 9.17) is 5.11 Å². The first kappa shape index (κ1) is 11.7. The van der Waals surface area contributed by atoms with Crippen LogP contribution in [0.5, 0.6) is 0 Å². The molecule has 0 amide bonds. The number of carboxylic acid groups (broad SMARTS) is 1. The van der Waals surface area contributed by atoms with Crippen molar-refractivity contribution in [2.24, 2.45) is 0 Å². The molecule has 88 valence electrons. The lowest BCUT2D eigenvalue weighted by Gasteiger charge is -2.04. The van der Waals surface area contributed by atoms with Crippen LogP contribution in [0.4, 0.5) is 0 Å². The molecule has 1 aromatic heterocycles. The summed E-state index contributed by atoms with van der Waals surface area (Å²) in [5.74, 6) is -0.907. The van der Waals surface area contributed by atoms with Crippen LogP contribution in [-0.2, 0) is 11.2 Å². The molecular formula is C11H11N3O2S. The lowest BCUT2D eigenvalue weighted by Crippen LogP contribution is -2.00. The van der Waals surface area contributed by atoms with E-state index in [1.165, 1.54) is 0 Å². The van der Waals surface area contributed by atoms with Crippen LogP contribution < -0.4 is 0 Å². The van der Waals surface area contributed by atoms with Crippen molar-refractivity contribution in [3.05, 3.63) is 36.2 Å². The molecule has 0 saturated heterocycles. The van der Waals surface area contributed by atoms with E-state index in [1.807, 2.05) is 30.5 Å². The molecule has 0 aliphatic rings. The monoisotopic (exact) mass is 249 g/mol. The predicted octanol–water partition coefficient (Wildman–Crippen LogP) is 1.62. The van der Waals surface area contributed by atoms with Gasteiger partial charge in [-0.3, -0.25) is 4.79 Å². The van der Waals surface area contributed by atoms with Crippen LogP contribution in [0.2, 0.25) is 0 Å². The molecule has 1 aromatic carbocycles. The van der Waals surface area contributed by atoms with Gasteiger partial charge in [-0.1, -0.05) is 17.3 Å². The fourth-order valence-corrected chi connectivity index (χ4v) is 2.06. The van der Waals surface area contributed by atoms with Crippen molar-refractivity contribution < 1.29 is 9.90 Å². The first-order chi connectivity index (χ1) is 8.20. The summed E-state index contributed by atoms with van der Waals surface area (Å²) < 4.78 is 1.60. The quantitative estimate of drug-likeness (QED) is 0.834. The van der Waals surface area contributed by atoms with Crippen LogP contribution >= 0.6 is 11.8 Å². The van der Waals surface area contributed by atoms with Crippen molar-refractivity contribution >= 4 is 17.7 Å². The summed E-state index contributed by atoms with van der Waals surface area (Å²) >= 11 is 1.61. The smallest absolute Gasteiger partial charge is 0.309 e. The third kappa shape index (κ3) is 2.65. The highest BCUT2D eigenvalue weighted by Crippen LogP contribution is 2.22. The average Bonchev–Trinajstić information content (AvgIpc) is 2.76. The van der Waals surface area contributed by atoms with Gasteiger partial charge in [0.1, 0.15) is 0 Å². The van der Waals surface area contributed by atoms with E-state index in [2.05, 4.69) is 10.3 Å². The largest absolute Gasteiger partial charge is 0.481 e. The van der Waals surface area contributed by atoms with Gasteiger partial charge in [0.15, 0.2) is 0 Å². The maximum atomic E-state index is 10.6. The maximum absolute atomic E-state index is 10.6. The second-order valence-electron chi connectivity index (χ2n) is 3.40. The molecule has 1 heterocycles. The Balaban J connectivity index is 2.33. The van der Waals surface area contributed by atoms with Crippen molar-refractivity contribution in [3.63, 3.8) is 0 Å². The maximum Gasteiger partial charge on any atom is 0.309 e. The van der Waals surface area contributed by atoms with Crippen LogP contribution in [0.3, 0.4) is 0 Å². The van der Waals surface area contributed by atoms with Gasteiger partial charge in [-0.05, 0) is 18.4 Å². The number of thioether (sulfide) groups is 1. The zero-order valence-corrected chi connectivity index (χ0v) is 10.0. The van der Waals surface area contributed by atoms with E-state index in [0.29, 0.717) is 5.69 Å². The molecule has 17 heavy (non-hydrogen) atoms. The zero-order valence-electron chi connectivity index (χ0n) is 9.20. The summed E-state index contributed by atoms with van der Waals surface area (Å²) in [4.78, 5) is 11.6. The molecule has 0 unspecified atom stereocenters. The number of hydrogen-bond acceptors (Lipinski definition) is 4. The van der Waals surface area contributed by atoms with E-state index in [9.17, 15) is 4.79 Å². The molecule has 0 aliphatic carbocycles. The Hall–Kier alpha value is -1.82. The Morgan fingerprint density at radius 3 is 2.94 bits per heavy atom. The van der Waals surface area contributed by atoms with Crippen molar-refractivity contribution in [2.75, 3.05) is 6.26 Å². The zero-order chi connectivity index (χ0) is 12.3. The standard InChI is InChI=1S/C11H11N3O2S/c1-17-10-5-3-2-4-9(10)14-7-8(12-13-14)6-11(15)16/h2-5,7H,6H2,1H3,(H,15,16). The first-order valence-corrected chi connectivity index (χ1v) is 6.19. The van der Waals surface area contributed by atoms with E-state index in [-0.39, 0.29) is 6.42 Å². The van der Waals surface area contributed by atoms with Crippen molar-refractivity contribution in [3.8, 4) is 5.69 Å². The summed E-state index contributed by atoms with van der Waals surface area (Å²) in [6, 6.07) is 7.77. The molecule has 0 bridgehead atoms. The molecule has 0 atom stereocenters. The molecule has 0 aliphatic heterocycles. The Morgan fingerprint density at radius 1 is 1.47 bits per heavy atom. The number of carboxylic acids is 1. The number of aromatic nitrogens is 3. The van der Waals surface area contributed by atoms with Gasteiger partial charge in [-0.2, -0.15) is 0 Å². The molecule has 2 rings (SSSR count). The van der Waals surface area contributed by atoms with Gasteiger partial charge in [0.05, 0.1) is 24.0 Å². The minimum Gasteiger partial charge on any atom is -0.481 e. The second-order valence-corrected chi connectivity index (χ2v) is 4.24. The Bertz CT molecular complexity index is 539. The van der Waals surface area contributed by atoms with Gasteiger partial charge in [-0.15, -0.1) is 16.9 Å². The number of nitrogens with zero attached hydrogens (tertiary/aromatic N) is 3. The highest BCUT2D eigenvalue weighted by Gasteiger charge is 2.08. The van der Waals surface area contributed by atoms with Gasteiger partial charge in [0, 0.05) is 4.90 Å². The number of para-hydroxylation sites is 1. The number of rotatable bonds is 4. The number of carbonyl (C=O) groups is 1. The van der Waals surface area contributed by atoms with Crippen molar-refractivity contribution in [1.82, 2.24) is 15.0 Å². The number of hydrogen-bond donors (Lipinski definition) is 1. The molecule has 0 radical (unpaired) electrons. The Labute approximate surface area is 102 Å². The fraction of sp³-hybridized carbons (Fsp3) is 0.182. The van der Waals surface area contributed by atoms with Gasteiger partial charge >= 0.3 is 5.97 Å². The van der Waals surface area contributed by atoms with Crippen molar-refractivity contribution in [2.45, 2.75) is 11.3 Å². The summed E-state index contributed by atoms with van der Waals surface area (Å²) in [6.45, 7) is 0. The molecule has 0 saturated carbocycles. The van der Waals surface area contributed by atoms with Crippen LogP contribution in [0.25, 0.3) is 5.69 Å². The van der Waals surface area contributed by atoms with Crippen LogP contribution in [0.15, 0.2) is 35.4 Å². The van der Waals surface area contributed by atoms with Crippen LogP contribution in [0, 0.1) is 0 Å². The van der Waals surface area contributed by atoms with Gasteiger partial charge in [-0.25, -0.2) is 4.68 Å². The number of benzene rings is 1. The van der Waals surface area contributed by atoms with Crippen molar-refractivity contribution in [1.29, 1.82) is 0 Å². The fourth-order valence-electron chi connectivity index (χ4n) is 1.47. The Morgan fingerprint density at radius 2 is 2.24 bits per heavy atom. The second kappa shape index (κ2) is 5.01. The van der Waals surface area contributed by atoms with E-state index in [1.54, 1.807) is 22.6 Å². The van der Waals surface area contributed by atoms with Gasteiger partial charge in [0.2, 0.25) is 0 Å².